The molecule has 0 aliphatic carbocycles. The average molecular weight is 341 g/mol. The van der Waals surface area contributed by atoms with Crippen molar-refractivity contribution in [3.8, 4) is 0 Å². The Morgan fingerprint density at radius 2 is 1.33 bits per heavy atom. The Morgan fingerprint density at radius 3 is 1.75 bits per heavy atom. The molecule has 2 fully saturated rings. The number of unbranched alkanes of at least 4 members (excludes halogenated alkanes) is 2. The highest BCUT2D eigenvalue weighted by molar-refractivity contribution is 4.91. The summed E-state index contributed by atoms with van der Waals surface area (Å²) in [6.45, 7) is 17.7. The summed E-state index contributed by atoms with van der Waals surface area (Å²) >= 11 is 0. The predicted octanol–water partition coefficient (Wildman–Crippen LogP) is 3.26. The van der Waals surface area contributed by atoms with E-state index in [9.17, 15) is 0 Å². The quantitative estimate of drug-likeness (QED) is 0.570. The van der Waals surface area contributed by atoms with Gasteiger partial charge in [-0.25, -0.2) is 0 Å². The van der Waals surface area contributed by atoms with Gasteiger partial charge in [-0.2, -0.15) is 0 Å². The Morgan fingerprint density at radius 1 is 0.833 bits per heavy atom. The van der Waals surface area contributed by atoms with Crippen molar-refractivity contribution in [3.05, 3.63) is 0 Å². The van der Waals surface area contributed by atoms with Gasteiger partial charge in [0.15, 0.2) is 0 Å². The van der Waals surface area contributed by atoms with E-state index < -0.39 is 0 Å². The monoisotopic (exact) mass is 340 g/mol. The van der Waals surface area contributed by atoms with E-state index >= 15 is 0 Å². The van der Waals surface area contributed by atoms with E-state index in [-0.39, 0.29) is 0 Å². The van der Waals surface area contributed by atoms with Gasteiger partial charge in [-0.05, 0) is 17.8 Å². The second-order valence-corrected chi connectivity index (χ2v) is 7.91. The molecule has 0 aromatic heterocycles. The van der Waals surface area contributed by atoms with E-state index in [4.69, 9.17) is 9.47 Å². The smallest absolute Gasteiger partial charge is 0.0594 e. The maximum absolute atomic E-state index is 5.58. The van der Waals surface area contributed by atoms with Crippen molar-refractivity contribution in [2.24, 2.45) is 11.3 Å². The zero-order valence-corrected chi connectivity index (χ0v) is 16.4. The Bertz CT molecular complexity index is 306. The lowest BCUT2D eigenvalue weighted by molar-refractivity contribution is -0.0343. The Labute approximate surface area is 149 Å². The molecule has 0 amide bonds. The topological polar surface area (TPSA) is 24.9 Å². The van der Waals surface area contributed by atoms with Gasteiger partial charge in [0.1, 0.15) is 0 Å². The molecule has 24 heavy (non-hydrogen) atoms. The summed E-state index contributed by atoms with van der Waals surface area (Å²) in [5.74, 6) is 0.764. The minimum absolute atomic E-state index is 0.415. The third kappa shape index (κ3) is 5.98. The highest BCUT2D eigenvalue weighted by Gasteiger charge is 2.38. The van der Waals surface area contributed by atoms with E-state index in [1.54, 1.807) is 0 Å². The average Bonchev–Trinajstić information content (AvgIpc) is 2.62. The van der Waals surface area contributed by atoms with Crippen molar-refractivity contribution in [2.45, 2.75) is 52.9 Å². The minimum atomic E-state index is 0.415. The van der Waals surface area contributed by atoms with Crippen LogP contribution in [0.2, 0.25) is 0 Å². The molecule has 0 radical (unpaired) electrons. The summed E-state index contributed by atoms with van der Waals surface area (Å²) in [6, 6.07) is 0. The lowest BCUT2D eigenvalue weighted by Gasteiger charge is -2.47. The van der Waals surface area contributed by atoms with Crippen LogP contribution in [0, 0.1) is 11.3 Å². The highest BCUT2D eigenvalue weighted by atomic mass is 16.5. The second kappa shape index (κ2) is 10.7. The summed E-state index contributed by atoms with van der Waals surface area (Å²) in [6.07, 6.45) is 6.69. The maximum Gasteiger partial charge on any atom is 0.0594 e. The molecular weight excluding hydrogens is 300 g/mol. The lowest BCUT2D eigenvalue weighted by Crippen LogP contribution is -2.53. The molecule has 0 spiro atoms. The van der Waals surface area contributed by atoms with E-state index in [0.29, 0.717) is 5.41 Å². The van der Waals surface area contributed by atoms with Gasteiger partial charge in [0, 0.05) is 39.3 Å². The van der Waals surface area contributed by atoms with Gasteiger partial charge in [-0.1, -0.05) is 46.5 Å². The molecule has 2 rings (SSSR count). The fourth-order valence-corrected chi connectivity index (χ4v) is 4.34. The van der Waals surface area contributed by atoms with Gasteiger partial charge in [-0.15, -0.1) is 0 Å². The van der Waals surface area contributed by atoms with Crippen LogP contribution >= 0.6 is 0 Å². The number of morpholine rings is 2. The predicted molar refractivity (Wildman–Crippen MR) is 101 cm³/mol. The van der Waals surface area contributed by atoms with Gasteiger partial charge >= 0.3 is 0 Å². The molecule has 0 N–H and O–H groups in total. The van der Waals surface area contributed by atoms with Crippen LogP contribution in [0.15, 0.2) is 0 Å². The van der Waals surface area contributed by atoms with Crippen molar-refractivity contribution >= 4 is 0 Å². The van der Waals surface area contributed by atoms with Crippen LogP contribution in [0.1, 0.15) is 52.9 Å². The van der Waals surface area contributed by atoms with E-state index in [0.717, 1.165) is 58.5 Å². The summed E-state index contributed by atoms with van der Waals surface area (Å²) in [7, 11) is 0. The summed E-state index contributed by atoms with van der Waals surface area (Å²) in [5, 5.41) is 0. The molecule has 0 aromatic carbocycles. The number of ether oxygens (including phenoxy) is 2. The number of hydrogen-bond donors (Lipinski definition) is 0. The van der Waals surface area contributed by atoms with Crippen molar-refractivity contribution in [3.63, 3.8) is 0 Å². The lowest BCUT2D eigenvalue weighted by atomic mass is 9.70. The largest absolute Gasteiger partial charge is 0.379 e. The van der Waals surface area contributed by atoms with Crippen molar-refractivity contribution < 1.29 is 9.47 Å². The standard InChI is InChI=1S/C20H40N2O2/c1-4-6-7-8-20(19(3)5-2,17-21-9-13-23-14-10-21)18-22-11-15-24-16-12-22/h19H,4-18H2,1-3H3. The van der Waals surface area contributed by atoms with Gasteiger partial charge in [0.25, 0.3) is 0 Å². The molecular formula is C20H40N2O2. The molecule has 0 aromatic rings. The third-order valence-electron chi connectivity index (χ3n) is 6.22. The van der Waals surface area contributed by atoms with Gasteiger partial charge in [0.05, 0.1) is 26.4 Å². The summed E-state index contributed by atoms with van der Waals surface area (Å²) in [4.78, 5) is 5.34. The maximum atomic E-state index is 5.58. The Kier molecular flexibility index (Phi) is 9.02. The van der Waals surface area contributed by atoms with Gasteiger partial charge in [0.2, 0.25) is 0 Å². The second-order valence-electron chi connectivity index (χ2n) is 7.91. The number of nitrogens with zero attached hydrogens (tertiary/aromatic N) is 2. The minimum Gasteiger partial charge on any atom is -0.379 e. The molecule has 0 bridgehead atoms. The molecule has 2 heterocycles. The molecule has 1 atom stereocenters. The molecule has 0 saturated carbocycles. The van der Waals surface area contributed by atoms with Gasteiger partial charge < -0.3 is 9.47 Å². The first-order valence-electron chi connectivity index (χ1n) is 10.3. The Hall–Kier alpha value is -0.160. The molecule has 2 aliphatic heterocycles. The molecule has 2 saturated heterocycles. The fraction of sp³-hybridized carbons (Fsp3) is 1.00. The number of hydrogen-bond acceptors (Lipinski definition) is 4. The van der Waals surface area contributed by atoms with Crippen molar-refractivity contribution in [2.75, 3.05) is 65.7 Å². The van der Waals surface area contributed by atoms with Crippen LogP contribution < -0.4 is 0 Å². The highest BCUT2D eigenvalue weighted by Crippen LogP contribution is 2.38. The summed E-state index contributed by atoms with van der Waals surface area (Å²) in [5.41, 5.74) is 0.415. The molecule has 1 unspecified atom stereocenters. The molecule has 2 aliphatic rings. The molecule has 4 nitrogen and oxygen atoms in total. The van der Waals surface area contributed by atoms with Crippen LogP contribution in [-0.2, 0) is 9.47 Å². The fourth-order valence-electron chi connectivity index (χ4n) is 4.34. The first-order chi connectivity index (χ1) is 11.7. The first-order valence-corrected chi connectivity index (χ1v) is 10.3. The zero-order valence-electron chi connectivity index (χ0n) is 16.4. The van der Waals surface area contributed by atoms with Crippen molar-refractivity contribution in [1.29, 1.82) is 0 Å². The van der Waals surface area contributed by atoms with Crippen LogP contribution in [0.4, 0.5) is 0 Å². The SMILES string of the molecule is CCCCCC(CN1CCOCC1)(CN1CCOCC1)C(C)CC. The van der Waals surface area contributed by atoms with E-state index in [1.807, 2.05) is 0 Å². The molecule has 142 valence electrons. The molecule has 4 heteroatoms. The van der Waals surface area contributed by atoms with Gasteiger partial charge in [-0.3, -0.25) is 9.80 Å². The third-order valence-corrected chi connectivity index (χ3v) is 6.22. The van der Waals surface area contributed by atoms with Crippen molar-refractivity contribution in [1.82, 2.24) is 9.80 Å². The first kappa shape index (κ1) is 20.2. The zero-order chi connectivity index (χ0) is 17.3. The normalized spacial score (nSPS) is 22.6. The van der Waals surface area contributed by atoms with E-state index in [2.05, 4.69) is 30.6 Å². The van der Waals surface area contributed by atoms with Crippen LogP contribution in [-0.4, -0.2) is 75.5 Å². The van der Waals surface area contributed by atoms with Crippen LogP contribution in [0.5, 0.6) is 0 Å². The van der Waals surface area contributed by atoms with Crippen LogP contribution in [0.25, 0.3) is 0 Å². The van der Waals surface area contributed by atoms with E-state index in [1.165, 1.54) is 45.2 Å². The number of rotatable bonds is 10. The Balaban J connectivity index is 2.09. The summed E-state index contributed by atoms with van der Waals surface area (Å²) < 4.78 is 11.2. The van der Waals surface area contributed by atoms with Crippen LogP contribution in [0.3, 0.4) is 0 Å².